The molecule has 1 saturated heterocycles. The SMILES string of the molecule is COC(=O)c1ccc(C)c(NC(=O)CC(C)C2CCNCC2)c1.Cl. The number of ether oxygens (including phenoxy) is 1. The molecule has 0 saturated carbocycles. The molecule has 1 atom stereocenters. The van der Waals surface area contributed by atoms with Crippen LogP contribution in [0.3, 0.4) is 0 Å². The van der Waals surface area contributed by atoms with Crippen LogP contribution in [0.4, 0.5) is 5.69 Å². The number of hydrogen-bond acceptors (Lipinski definition) is 4. The first kappa shape index (κ1) is 20.5. The van der Waals surface area contributed by atoms with Crippen LogP contribution in [0.1, 0.15) is 42.1 Å². The molecule has 0 aliphatic carbocycles. The summed E-state index contributed by atoms with van der Waals surface area (Å²) in [4.78, 5) is 23.9. The van der Waals surface area contributed by atoms with Crippen LogP contribution in [0.25, 0.3) is 0 Å². The third-order valence-electron chi connectivity index (χ3n) is 4.63. The van der Waals surface area contributed by atoms with Crippen LogP contribution in [0, 0.1) is 18.8 Å². The molecular formula is C18H27ClN2O3. The zero-order valence-corrected chi connectivity index (χ0v) is 15.4. The summed E-state index contributed by atoms with van der Waals surface area (Å²) in [5.74, 6) is 0.565. The van der Waals surface area contributed by atoms with Gasteiger partial charge in [-0.25, -0.2) is 4.79 Å². The topological polar surface area (TPSA) is 67.4 Å². The molecule has 2 N–H and O–H groups in total. The molecule has 0 bridgehead atoms. The minimum absolute atomic E-state index is 0. The molecule has 134 valence electrons. The van der Waals surface area contributed by atoms with Crippen molar-refractivity contribution < 1.29 is 14.3 Å². The van der Waals surface area contributed by atoms with Crippen molar-refractivity contribution in [2.45, 2.75) is 33.1 Å². The van der Waals surface area contributed by atoms with Gasteiger partial charge in [0.05, 0.1) is 12.7 Å². The highest BCUT2D eigenvalue weighted by atomic mass is 35.5. The molecule has 1 aromatic carbocycles. The first-order valence-electron chi connectivity index (χ1n) is 8.20. The second-order valence-electron chi connectivity index (χ2n) is 6.34. The Balaban J connectivity index is 0.00000288. The average molecular weight is 355 g/mol. The van der Waals surface area contributed by atoms with Gasteiger partial charge in [0, 0.05) is 12.1 Å². The second kappa shape index (κ2) is 9.64. The van der Waals surface area contributed by atoms with Crippen LogP contribution in [0.5, 0.6) is 0 Å². The maximum atomic E-state index is 12.3. The van der Waals surface area contributed by atoms with E-state index in [2.05, 4.69) is 17.6 Å². The summed E-state index contributed by atoms with van der Waals surface area (Å²) in [7, 11) is 1.35. The number of amides is 1. The van der Waals surface area contributed by atoms with Gasteiger partial charge in [-0.05, 0) is 62.4 Å². The van der Waals surface area contributed by atoms with Crippen LogP contribution >= 0.6 is 12.4 Å². The van der Waals surface area contributed by atoms with E-state index in [4.69, 9.17) is 4.74 Å². The van der Waals surface area contributed by atoms with E-state index >= 15 is 0 Å². The Kier molecular flexibility index (Phi) is 8.22. The van der Waals surface area contributed by atoms with Gasteiger partial charge in [-0.2, -0.15) is 0 Å². The molecular weight excluding hydrogens is 328 g/mol. The molecule has 24 heavy (non-hydrogen) atoms. The van der Waals surface area contributed by atoms with Crippen molar-refractivity contribution in [1.82, 2.24) is 5.32 Å². The van der Waals surface area contributed by atoms with E-state index in [0.717, 1.165) is 31.5 Å². The lowest BCUT2D eigenvalue weighted by Gasteiger charge is -2.28. The summed E-state index contributed by atoms with van der Waals surface area (Å²) in [6.45, 7) is 6.13. The van der Waals surface area contributed by atoms with Crippen LogP contribution in [-0.4, -0.2) is 32.1 Å². The molecule has 1 fully saturated rings. The van der Waals surface area contributed by atoms with Gasteiger partial charge in [0.1, 0.15) is 0 Å². The summed E-state index contributed by atoms with van der Waals surface area (Å²) in [5, 5.41) is 6.29. The smallest absolute Gasteiger partial charge is 0.337 e. The van der Waals surface area contributed by atoms with Crippen molar-refractivity contribution in [3.63, 3.8) is 0 Å². The Morgan fingerprint density at radius 1 is 1.33 bits per heavy atom. The summed E-state index contributed by atoms with van der Waals surface area (Å²) in [6.07, 6.45) is 2.77. The molecule has 6 heteroatoms. The van der Waals surface area contributed by atoms with Gasteiger partial charge in [0.2, 0.25) is 5.91 Å². The molecule has 1 aliphatic rings. The molecule has 1 heterocycles. The fraction of sp³-hybridized carbons (Fsp3) is 0.556. The van der Waals surface area contributed by atoms with E-state index in [1.807, 2.05) is 13.0 Å². The Morgan fingerprint density at radius 2 is 2.00 bits per heavy atom. The maximum Gasteiger partial charge on any atom is 0.337 e. The monoisotopic (exact) mass is 354 g/mol. The van der Waals surface area contributed by atoms with Gasteiger partial charge in [-0.3, -0.25) is 4.79 Å². The first-order chi connectivity index (χ1) is 11.0. The molecule has 5 nitrogen and oxygen atoms in total. The number of anilines is 1. The molecule has 1 aliphatic heterocycles. The van der Waals surface area contributed by atoms with Crippen molar-refractivity contribution in [3.05, 3.63) is 29.3 Å². The Hall–Kier alpha value is -1.59. The summed E-state index contributed by atoms with van der Waals surface area (Å²) >= 11 is 0. The highest BCUT2D eigenvalue weighted by Gasteiger charge is 2.22. The van der Waals surface area contributed by atoms with Crippen molar-refractivity contribution in [3.8, 4) is 0 Å². The molecule has 1 unspecified atom stereocenters. The normalized spacial score (nSPS) is 16.0. The largest absolute Gasteiger partial charge is 0.465 e. The van der Waals surface area contributed by atoms with Gasteiger partial charge < -0.3 is 15.4 Å². The quantitative estimate of drug-likeness (QED) is 0.797. The lowest BCUT2D eigenvalue weighted by atomic mass is 9.84. The summed E-state index contributed by atoms with van der Waals surface area (Å²) < 4.78 is 4.72. The molecule has 1 aromatic rings. The summed E-state index contributed by atoms with van der Waals surface area (Å²) in [6, 6.07) is 5.20. The van der Waals surface area contributed by atoms with Crippen molar-refractivity contribution >= 4 is 30.0 Å². The van der Waals surface area contributed by atoms with Gasteiger partial charge in [-0.1, -0.05) is 13.0 Å². The lowest BCUT2D eigenvalue weighted by molar-refractivity contribution is -0.117. The zero-order valence-electron chi connectivity index (χ0n) is 14.6. The minimum atomic E-state index is -0.399. The van der Waals surface area contributed by atoms with E-state index in [1.165, 1.54) is 7.11 Å². The van der Waals surface area contributed by atoms with E-state index in [0.29, 0.717) is 29.5 Å². The van der Waals surface area contributed by atoms with Gasteiger partial charge >= 0.3 is 5.97 Å². The molecule has 0 radical (unpaired) electrons. The molecule has 1 amide bonds. The Morgan fingerprint density at radius 3 is 2.62 bits per heavy atom. The van der Waals surface area contributed by atoms with Gasteiger partial charge in [0.25, 0.3) is 0 Å². The number of methoxy groups -OCH3 is 1. The summed E-state index contributed by atoms with van der Waals surface area (Å²) in [5.41, 5.74) is 2.05. The zero-order chi connectivity index (χ0) is 16.8. The van der Waals surface area contributed by atoms with Crippen LogP contribution in [0.2, 0.25) is 0 Å². The fourth-order valence-electron chi connectivity index (χ4n) is 3.08. The number of hydrogen-bond donors (Lipinski definition) is 2. The highest BCUT2D eigenvalue weighted by Crippen LogP contribution is 2.25. The third-order valence-corrected chi connectivity index (χ3v) is 4.63. The van der Waals surface area contributed by atoms with Crippen LogP contribution in [-0.2, 0) is 9.53 Å². The number of carbonyl (C=O) groups is 2. The number of esters is 1. The van der Waals surface area contributed by atoms with Gasteiger partial charge in [0.15, 0.2) is 0 Å². The van der Waals surface area contributed by atoms with Crippen LogP contribution < -0.4 is 10.6 Å². The third kappa shape index (κ3) is 5.49. The van der Waals surface area contributed by atoms with Crippen molar-refractivity contribution in [2.24, 2.45) is 11.8 Å². The lowest BCUT2D eigenvalue weighted by Crippen LogP contribution is -2.32. The maximum absolute atomic E-state index is 12.3. The second-order valence-corrected chi connectivity index (χ2v) is 6.34. The van der Waals surface area contributed by atoms with Crippen molar-refractivity contribution in [2.75, 3.05) is 25.5 Å². The fourth-order valence-corrected chi connectivity index (χ4v) is 3.08. The number of rotatable bonds is 5. The average Bonchev–Trinajstić information content (AvgIpc) is 2.56. The predicted molar refractivity (Wildman–Crippen MR) is 97.8 cm³/mol. The number of carbonyl (C=O) groups excluding carboxylic acids is 2. The number of piperidine rings is 1. The number of halogens is 1. The number of aryl methyl sites for hydroxylation is 1. The number of nitrogens with one attached hydrogen (secondary N) is 2. The Labute approximate surface area is 149 Å². The van der Waals surface area contributed by atoms with E-state index in [9.17, 15) is 9.59 Å². The molecule has 0 aromatic heterocycles. The van der Waals surface area contributed by atoms with E-state index in [-0.39, 0.29) is 18.3 Å². The minimum Gasteiger partial charge on any atom is -0.465 e. The number of benzene rings is 1. The molecule has 0 spiro atoms. The van der Waals surface area contributed by atoms with Crippen LogP contribution in [0.15, 0.2) is 18.2 Å². The van der Waals surface area contributed by atoms with Gasteiger partial charge in [-0.15, -0.1) is 12.4 Å². The van der Waals surface area contributed by atoms with Crippen molar-refractivity contribution in [1.29, 1.82) is 0 Å². The first-order valence-corrected chi connectivity index (χ1v) is 8.20. The van der Waals surface area contributed by atoms with E-state index in [1.54, 1.807) is 12.1 Å². The Bertz CT molecular complexity index is 571. The van der Waals surface area contributed by atoms with E-state index < -0.39 is 5.97 Å². The standard InChI is InChI=1S/C18H26N2O3.ClH/c1-12-4-5-15(18(22)23-3)11-16(12)20-17(21)10-13(2)14-6-8-19-9-7-14;/h4-5,11,13-14,19H,6-10H2,1-3H3,(H,20,21);1H. The highest BCUT2D eigenvalue weighted by molar-refractivity contribution is 5.95. The predicted octanol–water partition coefficient (Wildman–Crippen LogP) is 3.17. The molecule has 2 rings (SSSR count).